The molecular formula is C27H26O6. The van der Waals surface area contributed by atoms with Crippen molar-refractivity contribution in [1.29, 1.82) is 0 Å². The Morgan fingerprint density at radius 3 is 1.39 bits per heavy atom. The summed E-state index contributed by atoms with van der Waals surface area (Å²) in [6.07, 6.45) is 4.48. The third kappa shape index (κ3) is 4.95. The number of carbonyl (C=O) groups is 4. The maximum absolute atomic E-state index is 12.8. The van der Waals surface area contributed by atoms with Gasteiger partial charge in [0.15, 0.2) is 24.8 Å². The van der Waals surface area contributed by atoms with Crippen molar-refractivity contribution in [2.45, 2.75) is 20.3 Å². The highest BCUT2D eigenvalue weighted by Crippen LogP contribution is 2.49. The van der Waals surface area contributed by atoms with E-state index in [4.69, 9.17) is 9.47 Å². The summed E-state index contributed by atoms with van der Waals surface area (Å²) in [5.74, 6) is -3.47. The third-order valence-electron chi connectivity index (χ3n) is 6.44. The Morgan fingerprint density at radius 2 is 1.03 bits per heavy atom. The molecule has 2 aromatic carbocycles. The summed E-state index contributed by atoms with van der Waals surface area (Å²) in [6.45, 7) is 3.08. The van der Waals surface area contributed by atoms with Crippen molar-refractivity contribution in [3.63, 3.8) is 0 Å². The normalized spacial score (nSPS) is 22.7. The van der Waals surface area contributed by atoms with Crippen LogP contribution in [0.5, 0.6) is 0 Å². The molecule has 2 aromatic rings. The highest BCUT2D eigenvalue weighted by Gasteiger charge is 2.53. The van der Waals surface area contributed by atoms with Gasteiger partial charge in [-0.1, -0.05) is 71.8 Å². The maximum Gasteiger partial charge on any atom is 0.310 e. The van der Waals surface area contributed by atoms with Gasteiger partial charge in [0.25, 0.3) is 0 Å². The summed E-state index contributed by atoms with van der Waals surface area (Å²) >= 11 is 0. The van der Waals surface area contributed by atoms with Gasteiger partial charge < -0.3 is 9.47 Å². The number of ether oxygens (including phenoxy) is 2. The smallest absolute Gasteiger partial charge is 0.310 e. The van der Waals surface area contributed by atoms with E-state index in [0.29, 0.717) is 17.5 Å². The monoisotopic (exact) mass is 446 g/mol. The number of esters is 2. The first-order valence-corrected chi connectivity index (χ1v) is 11.0. The fraction of sp³-hybridized carbons (Fsp3) is 0.333. The standard InChI is InChI=1S/C27H26O6/c1-16-3-7-18(8-4-16)22(28)14-32-26(30)24-20-11-12-21(13-20)25(24)27(31)33-15-23(29)19-9-5-17(2)6-10-19/h3-12,20-21,24-25H,13-15H2,1-2H3. The van der Waals surface area contributed by atoms with Crippen LogP contribution in [-0.2, 0) is 19.1 Å². The van der Waals surface area contributed by atoms with Gasteiger partial charge in [-0.05, 0) is 32.1 Å². The molecule has 0 N–H and O–H groups in total. The molecule has 1 saturated carbocycles. The molecule has 33 heavy (non-hydrogen) atoms. The van der Waals surface area contributed by atoms with E-state index in [1.54, 1.807) is 24.3 Å². The average molecular weight is 446 g/mol. The van der Waals surface area contributed by atoms with E-state index in [2.05, 4.69) is 0 Å². The number of benzene rings is 2. The minimum Gasteiger partial charge on any atom is -0.457 e. The van der Waals surface area contributed by atoms with Gasteiger partial charge in [0, 0.05) is 11.1 Å². The largest absolute Gasteiger partial charge is 0.457 e. The van der Waals surface area contributed by atoms with Gasteiger partial charge in [0.2, 0.25) is 0 Å². The van der Waals surface area contributed by atoms with Gasteiger partial charge in [-0.15, -0.1) is 0 Å². The van der Waals surface area contributed by atoms with Crippen molar-refractivity contribution >= 4 is 23.5 Å². The molecule has 0 aromatic heterocycles. The molecule has 0 amide bonds. The van der Waals surface area contributed by atoms with Crippen LogP contribution in [0.25, 0.3) is 0 Å². The zero-order valence-corrected chi connectivity index (χ0v) is 18.7. The molecule has 6 nitrogen and oxygen atoms in total. The molecule has 4 atom stereocenters. The van der Waals surface area contributed by atoms with E-state index in [1.807, 2.05) is 50.3 Å². The van der Waals surface area contributed by atoms with Gasteiger partial charge in [-0.2, -0.15) is 0 Å². The van der Waals surface area contributed by atoms with Crippen molar-refractivity contribution in [2.24, 2.45) is 23.7 Å². The third-order valence-corrected chi connectivity index (χ3v) is 6.44. The summed E-state index contributed by atoms with van der Waals surface area (Å²) in [6, 6.07) is 14.0. The quantitative estimate of drug-likeness (QED) is 0.347. The lowest BCUT2D eigenvalue weighted by Crippen LogP contribution is -2.36. The second kappa shape index (κ2) is 9.53. The SMILES string of the molecule is Cc1ccc(C(=O)COC(=O)C2C3C=CC(C3)C2C(=O)OCC(=O)c2ccc(C)cc2)cc1. The van der Waals surface area contributed by atoms with Crippen molar-refractivity contribution in [3.05, 3.63) is 82.9 Å². The number of allylic oxidation sites excluding steroid dienone is 2. The number of Topliss-reactive ketones (excluding diaryl/α,β-unsaturated/α-hetero) is 2. The van der Waals surface area contributed by atoms with Crippen molar-refractivity contribution in [1.82, 2.24) is 0 Å². The first-order chi connectivity index (χ1) is 15.8. The summed E-state index contributed by atoms with van der Waals surface area (Å²) in [7, 11) is 0. The predicted octanol–water partition coefficient (Wildman–Crippen LogP) is 3.89. The molecule has 170 valence electrons. The van der Waals surface area contributed by atoms with Gasteiger partial charge in [0.1, 0.15) is 0 Å². The van der Waals surface area contributed by atoms with E-state index in [1.165, 1.54) is 0 Å². The molecule has 0 heterocycles. The van der Waals surface area contributed by atoms with E-state index in [9.17, 15) is 19.2 Å². The Bertz CT molecular complexity index is 1010. The molecule has 0 aliphatic heterocycles. The first kappa shape index (κ1) is 22.6. The molecule has 4 unspecified atom stereocenters. The van der Waals surface area contributed by atoms with Crippen molar-refractivity contribution in [2.75, 3.05) is 13.2 Å². The fourth-order valence-corrected chi connectivity index (χ4v) is 4.58. The Morgan fingerprint density at radius 1 is 0.667 bits per heavy atom. The topological polar surface area (TPSA) is 86.7 Å². The van der Waals surface area contributed by atoms with Crippen LogP contribution >= 0.6 is 0 Å². The molecule has 2 bridgehead atoms. The van der Waals surface area contributed by atoms with Crippen LogP contribution in [0, 0.1) is 37.5 Å². The molecule has 4 rings (SSSR count). The second-order valence-corrected chi connectivity index (χ2v) is 8.79. The second-order valence-electron chi connectivity index (χ2n) is 8.79. The predicted molar refractivity (Wildman–Crippen MR) is 121 cm³/mol. The number of hydrogen-bond donors (Lipinski definition) is 0. The average Bonchev–Trinajstić information content (AvgIpc) is 3.43. The van der Waals surface area contributed by atoms with E-state index < -0.39 is 23.8 Å². The highest BCUT2D eigenvalue weighted by atomic mass is 16.5. The number of rotatable bonds is 8. The first-order valence-electron chi connectivity index (χ1n) is 11.0. The summed E-state index contributed by atoms with van der Waals surface area (Å²) in [5.41, 5.74) is 2.98. The lowest BCUT2D eigenvalue weighted by molar-refractivity contribution is -0.160. The van der Waals surface area contributed by atoms with Crippen LogP contribution in [0.15, 0.2) is 60.7 Å². The van der Waals surface area contributed by atoms with Crippen LogP contribution in [0.3, 0.4) is 0 Å². The van der Waals surface area contributed by atoms with Crippen LogP contribution < -0.4 is 0 Å². The van der Waals surface area contributed by atoms with Crippen LogP contribution in [-0.4, -0.2) is 36.7 Å². The Labute approximate surface area is 192 Å². The Hall–Kier alpha value is -3.54. The molecule has 0 saturated heterocycles. The van der Waals surface area contributed by atoms with E-state index in [0.717, 1.165) is 11.1 Å². The number of carbonyl (C=O) groups excluding carboxylic acids is 4. The summed E-state index contributed by atoms with van der Waals surface area (Å²) in [4.78, 5) is 50.4. The molecule has 0 spiro atoms. The zero-order valence-electron chi connectivity index (χ0n) is 18.7. The molecule has 6 heteroatoms. The minimum absolute atomic E-state index is 0.137. The molecule has 2 aliphatic rings. The number of aryl methyl sites for hydroxylation is 2. The Balaban J connectivity index is 1.36. The molecule has 0 radical (unpaired) electrons. The zero-order chi connectivity index (χ0) is 23.5. The lowest BCUT2D eigenvalue weighted by atomic mass is 9.83. The fourth-order valence-electron chi connectivity index (χ4n) is 4.58. The molecular weight excluding hydrogens is 420 g/mol. The van der Waals surface area contributed by atoms with Gasteiger partial charge in [0.05, 0.1) is 11.8 Å². The van der Waals surface area contributed by atoms with Gasteiger partial charge >= 0.3 is 11.9 Å². The van der Waals surface area contributed by atoms with Crippen molar-refractivity contribution < 1.29 is 28.7 Å². The highest BCUT2D eigenvalue weighted by molar-refractivity contribution is 5.99. The van der Waals surface area contributed by atoms with E-state index >= 15 is 0 Å². The minimum atomic E-state index is -0.715. The van der Waals surface area contributed by atoms with E-state index in [-0.39, 0.29) is 36.6 Å². The van der Waals surface area contributed by atoms with Gasteiger partial charge in [-0.3, -0.25) is 19.2 Å². The lowest BCUT2D eigenvalue weighted by Gasteiger charge is -2.24. The van der Waals surface area contributed by atoms with Crippen molar-refractivity contribution in [3.8, 4) is 0 Å². The van der Waals surface area contributed by atoms with Crippen LogP contribution in [0.2, 0.25) is 0 Å². The van der Waals surface area contributed by atoms with Gasteiger partial charge in [-0.25, -0.2) is 0 Å². The maximum atomic E-state index is 12.8. The molecule has 2 aliphatic carbocycles. The van der Waals surface area contributed by atoms with Crippen LogP contribution in [0.1, 0.15) is 38.3 Å². The number of ketones is 2. The number of fused-ring (bicyclic) bond motifs is 2. The number of hydrogen-bond acceptors (Lipinski definition) is 6. The summed E-state index contributed by atoms with van der Waals surface area (Å²) < 4.78 is 10.6. The summed E-state index contributed by atoms with van der Waals surface area (Å²) in [5, 5.41) is 0. The van der Waals surface area contributed by atoms with Crippen LogP contribution in [0.4, 0.5) is 0 Å². The Kier molecular flexibility index (Phi) is 6.54. The molecule has 1 fully saturated rings.